The number of nitrogens with one attached hydrogen (secondary N) is 2. The largest absolute Gasteiger partial charge is 0.355 e. The van der Waals surface area contributed by atoms with Crippen molar-refractivity contribution in [2.24, 2.45) is 5.92 Å². The molecule has 2 N–H and O–H groups in total. The Bertz CT molecular complexity index is 665. The van der Waals surface area contributed by atoms with E-state index in [1.54, 1.807) is 0 Å². The lowest BCUT2D eigenvalue weighted by Crippen LogP contribution is -2.43. The van der Waals surface area contributed by atoms with Gasteiger partial charge in [0, 0.05) is 26.1 Å². The van der Waals surface area contributed by atoms with Gasteiger partial charge in [0.1, 0.15) is 0 Å². The van der Waals surface area contributed by atoms with Crippen LogP contribution in [0.4, 0.5) is 0 Å². The molecule has 2 aliphatic rings. The Kier molecular flexibility index (Phi) is 5.50. The molecule has 1 aromatic carbocycles. The second-order valence-corrected chi connectivity index (χ2v) is 6.34. The van der Waals surface area contributed by atoms with E-state index >= 15 is 0 Å². The average molecular weight is 325 g/mol. The molecule has 3 rings (SSSR count). The normalized spacial score (nSPS) is 20.3. The maximum absolute atomic E-state index is 12.0. The summed E-state index contributed by atoms with van der Waals surface area (Å²) in [5.74, 6) is 6.06. The zero-order chi connectivity index (χ0) is 16.8. The third kappa shape index (κ3) is 4.36. The van der Waals surface area contributed by atoms with E-state index in [0.717, 1.165) is 26.1 Å². The van der Waals surface area contributed by atoms with E-state index in [2.05, 4.69) is 51.6 Å². The van der Waals surface area contributed by atoms with Crippen molar-refractivity contribution in [3.05, 3.63) is 35.4 Å². The molecule has 0 bridgehead atoms. The van der Waals surface area contributed by atoms with Gasteiger partial charge in [-0.3, -0.25) is 14.5 Å². The number of carbonyl (C=O) groups excluding carboxylic acids is 2. The molecule has 0 aromatic heterocycles. The predicted octanol–water partition coefficient (Wildman–Crippen LogP) is 0.691. The molecule has 2 heterocycles. The monoisotopic (exact) mass is 325 g/mol. The van der Waals surface area contributed by atoms with Crippen molar-refractivity contribution in [1.82, 2.24) is 15.5 Å². The molecule has 2 amide bonds. The molecule has 1 fully saturated rings. The fourth-order valence-electron chi connectivity index (χ4n) is 3.15. The third-order valence-corrected chi connectivity index (χ3v) is 4.62. The number of rotatable bonds is 3. The van der Waals surface area contributed by atoms with Crippen LogP contribution in [0.2, 0.25) is 0 Å². The van der Waals surface area contributed by atoms with Crippen LogP contribution in [0, 0.1) is 17.8 Å². The first-order valence-corrected chi connectivity index (χ1v) is 8.51. The van der Waals surface area contributed by atoms with Gasteiger partial charge in [-0.2, -0.15) is 0 Å². The lowest BCUT2D eigenvalue weighted by atomic mass is 9.98. The molecule has 0 saturated carbocycles. The molecule has 126 valence electrons. The summed E-state index contributed by atoms with van der Waals surface area (Å²) in [6.07, 6.45) is 2.13. The van der Waals surface area contributed by atoms with Crippen LogP contribution in [0.1, 0.15) is 24.0 Å². The number of fused-ring (bicyclic) bond motifs is 1. The van der Waals surface area contributed by atoms with Crippen LogP contribution >= 0.6 is 0 Å². The summed E-state index contributed by atoms with van der Waals surface area (Å²) in [5, 5.41) is 5.56. The van der Waals surface area contributed by atoms with E-state index in [1.807, 2.05) is 0 Å². The van der Waals surface area contributed by atoms with Gasteiger partial charge in [0.25, 0.3) is 0 Å². The smallest absolute Gasteiger partial charge is 0.225 e. The summed E-state index contributed by atoms with van der Waals surface area (Å²) in [6, 6.07) is 8.55. The van der Waals surface area contributed by atoms with E-state index in [0.29, 0.717) is 25.9 Å². The van der Waals surface area contributed by atoms with Crippen molar-refractivity contribution >= 4 is 11.8 Å². The van der Waals surface area contributed by atoms with Crippen molar-refractivity contribution in [2.45, 2.75) is 25.8 Å². The first-order valence-electron chi connectivity index (χ1n) is 8.51. The Morgan fingerprint density at radius 1 is 1.25 bits per heavy atom. The first kappa shape index (κ1) is 16.5. The van der Waals surface area contributed by atoms with E-state index in [9.17, 15) is 9.59 Å². The summed E-state index contributed by atoms with van der Waals surface area (Å²) < 4.78 is 0. The van der Waals surface area contributed by atoms with E-state index < -0.39 is 0 Å². The van der Waals surface area contributed by atoms with Gasteiger partial charge in [0.2, 0.25) is 11.8 Å². The van der Waals surface area contributed by atoms with Crippen LogP contribution in [0.5, 0.6) is 0 Å². The number of piperidine rings is 1. The molecule has 1 saturated heterocycles. The molecular formula is C19H23N3O2. The maximum atomic E-state index is 12.0. The molecule has 1 aromatic rings. The zero-order valence-corrected chi connectivity index (χ0v) is 13.8. The molecule has 0 spiro atoms. The summed E-state index contributed by atoms with van der Waals surface area (Å²) in [5.41, 5.74) is 2.83. The number of amides is 2. The Morgan fingerprint density at radius 3 is 2.88 bits per heavy atom. The zero-order valence-electron chi connectivity index (χ0n) is 13.8. The number of hydrogen-bond acceptors (Lipinski definition) is 3. The Hall–Kier alpha value is -2.32. The highest BCUT2D eigenvalue weighted by molar-refractivity contribution is 5.83. The third-order valence-electron chi connectivity index (χ3n) is 4.62. The second kappa shape index (κ2) is 7.98. The highest BCUT2D eigenvalue weighted by atomic mass is 16.2. The first-order chi connectivity index (χ1) is 11.7. The minimum absolute atomic E-state index is 0.0174. The van der Waals surface area contributed by atoms with Gasteiger partial charge < -0.3 is 10.6 Å². The number of hydrogen-bond donors (Lipinski definition) is 2. The number of nitrogens with zero attached hydrogens (tertiary/aromatic N) is 1. The van der Waals surface area contributed by atoms with Crippen LogP contribution in [0.25, 0.3) is 0 Å². The molecule has 5 nitrogen and oxygen atoms in total. The standard InChI is InChI=1S/C19H23N3O2/c23-18-8-7-16(13-21-18)19(24)20-10-3-4-11-22-12-9-15-5-1-2-6-17(15)14-22/h1-2,5-6,16H,7-14H2,(H,20,24)(H,21,23). The van der Waals surface area contributed by atoms with Gasteiger partial charge in [-0.25, -0.2) is 0 Å². The van der Waals surface area contributed by atoms with Crippen molar-refractivity contribution in [1.29, 1.82) is 0 Å². The lowest BCUT2D eigenvalue weighted by Gasteiger charge is -2.26. The van der Waals surface area contributed by atoms with Gasteiger partial charge in [-0.1, -0.05) is 36.1 Å². The quantitative estimate of drug-likeness (QED) is 0.804. The van der Waals surface area contributed by atoms with Gasteiger partial charge in [-0.05, 0) is 24.0 Å². The van der Waals surface area contributed by atoms with Crippen molar-refractivity contribution < 1.29 is 9.59 Å². The minimum Gasteiger partial charge on any atom is -0.355 e. The summed E-state index contributed by atoms with van der Waals surface area (Å²) in [4.78, 5) is 25.4. The summed E-state index contributed by atoms with van der Waals surface area (Å²) >= 11 is 0. The van der Waals surface area contributed by atoms with Gasteiger partial charge in [0.05, 0.1) is 19.0 Å². The van der Waals surface area contributed by atoms with Crippen LogP contribution in [-0.4, -0.2) is 42.9 Å². The Morgan fingerprint density at radius 2 is 2.08 bits per heavy atom. The molecule has 1 unspecified atom stereocenters. The van der Waals surface area contributed by atoms with Crippen LogP contribution in [-0.2, 0) is 22.6 Å². The average Bonchev–Trinajstić information content (AvgIpc) is 2.61. The molecule has 0 radical (unpaired) electrons. The molecule has 1 atom stereocenters. The lowest BCUT2D eigenvalue weighted by molar-refractivity contribution is -0.128. The summed E-state index contributed by atoms with van der Waals surface area (Å²) in [6.45, 7) is 3.50. The SMILES string of the molecule is O=C1CCC(C(=O)NCC#CCN2CCc3ccccc3C2)CN1. The van der Waals surface area contributed by atoms with Crippen molar-refractivity contribution in [3.63, 3.8) is 0 Å². The van der Waals surface area contributed by atoms with Crippen LogP contribution < -0.4 is 10.6 Å². The molecule has 5 heteroatoms. The van der Waals surface area contributed by atoms with Crippen molar-refractivity contribution in [3.8, 4) is 11.8 Å². The summed E-state index contributed by atoms with van der Waals surface area (Å²) in [7, 11) is 0. The van der Waals surface area contributed by atoms with Gasteiger partial charge >= 0.3 is 0 Å². The van der Waals surface area contributed by atoms with Gasteiger partial charge in [-0.15, -0.1) is 0 Å². The van der Waals surface area contributed by atoms with E-state index in [1.165, 1.54) is 11.1 Å². The topological polar surface area (TPSA) is 61.4 Å². The molecule has 2 aliphatic heterocycles. The van der Waals surface area contributed by atoms with Gasteiger partial charge in [0.15, 0.2) is 0 Å². The molecule has 0 aliphatic carbocycles. The van der Waals surface area contributed by atoms with E-state index in [-0.39, 0.29) is 17.7 Å². The predicted molar refractivity (Wildman–Crippen MR) is 91.9 cm³/mol. The van der Waals surface area contributed by atoms with E-state index in [4.69, 9.17) is 0 Å². The highest BCUT2D eigenvalue weighted by Crippen LogP contribution is 2.17. The number of carbonyl (C=O) groups is 2. The Balaban J connectivity index is 1.38. The minimum atomic E-state index is -0.122. The highest BCUT2D eigenvalue weighted by Gasteiger charge is 2.23. The van der Waals surface area contributed by atoms with Crippen molar-refractivity contribution in [2.75, 3.05) is 26.2 Å². The van der Waals surface area contributed by atoms with Crippen LogP contribution in [0.15, 0.2) is 24.3 Å². The molecule has 24 heavy (non-hydrogen) atoms. The van der Waals surface area contributed by atoms with Crippen LogP contribution in [0.3, 0.4) is 0 Å². The fraction of sp³-hybridized carbons (Fsp3) is 0.474. The second-order valence-electron chi connectivity index (χ2n) is 6.34. The fourth-order valence-corrected chi connectivity index (χ4v) is 3.15. The maximum Gasteiger partial charge on any atom is 0.225 e. The molecular weight excluding hydrogens is 302 g/mol. The Labute approximate surface area is 142 Å². The number of benzene rings is 1.